The van der Waals surface area contributed by atoms with Gasteiger partial charge in [-0.2, -0.15) is 0 Å². The molecule has 0 spiro atoms. The molecule has 3 nitrogen and oxygen atoms in total. The van der Waals surface area contributed by atoms with Gasteiger partial charge in [-0.05, 0) is 17.7 Å². The number of carbonyl (C=O) groups excluding carboxylic acids is 1. The molecule has 1 amide bonds. The number of likely N-dealkylation sites (N-methyl/N-ethyl adjacent to an activating group) is 1. The van der Waals surface area contributed by atoms with Crippen molar-refractivity contribution in [1.29, 1.82) is 0 Å². The lowest BCUT2D eigenvalue weighted by atomic mass is 10.2. The molecule has 0 radical (unpaired) electrons. The van der Waals surface area contributed by atoms with E-state index in [4.69, 9.17) is 11.6 Å². The molecule has 1 aromatic heterocycles. The zero-order valence-electron chi connectivity index (χ0n) is 11.0. The standard InChI is InChI=1S/C14H14BrClN2OS/c1-18(8-10-3-2-4-11(15)5-10)14(19)6-13-17-12(7-16)9-20-13/h2-5,9H,6-8H2,1H3. The molecule has 20 heavy (non-hydrogen) atoms. The zero-order chi connectivity index (χ0) is 14.5. The van der Waals surface area contributed by atoms with Crippen LogP contribution in [0.4, 0.5) is 0 Å². The molecule has 0 saturated carbocycles. The van der Waals surface area contributed by atoms with Gasteiger partial charge in [-0.25, -0.2) is 4.98 Å². The van der Waals surface area contributed by atoms with Crippen LogP contribution in [-0.4, -0.2) is 22.8 Å². The van der Waals surface area contributed by atoms with E-state index in [1.54, 1.807) is 11.9 Å². The fraction of sp³-hybridized carbons (Fsp3) is 0.286. The number of alkyl halides is 1. The second-order valence-corrected chi connectivity index (χ2v) is 6.55. The van der Waals surface area contributed by atoms with Crippen LogP contribution < -0.4 is 0 Å². The third-order valence-electron chi connectivity index (χ3n) is 2.77. The molecule has 106 valence electrons. The Balaban J connectivity index is 1.95. The predicted molar refractivity (Wildman–Crippen MR) is 86.0 cm³/mol. The number of aromatic nitrogens is 1. The first-order valence-electron chi connectivity index (χ1n) is 6.06. The number of thiazole rings is 1. The van der Waals surface area contributed by atoms with Crippen LogP contribution in [0.3, 0.4) is 0 Å². The summed E-state index contributed by atoms with van der Waals surface area (Å²) < 4.78 is 1.02. The molecular weight excluding hydrogens is 360 g/mol. The quantitative estimate of drug-likeness (QED) is 0.746. The van der Waals surface area contributed by atoms with Gasteiger partial charge in [0.2, 0.25) is 5.91 Å². The molecule has 0 fully saturated rings. The van der Waals surface area contributed by atoms with E-state index in [2.05, 4.69) is 20.9 Å². The van der Waals surface area contributed by atoms with E-state index in [1.165, 1.54) is 11.3 Å². The number of halogens is 2. The molecule has 0 unspecified atom stereocenters. The maximum atomic E-state index is 12.1. The summed E-state index contributed by atoms with van der Waals surface area (Å²) in [5.74, 6) is 0.443. The highest BCUT2D eigenvalue weighted by Gasteiger charge is 2.12. The van der Waals surface area contributed by atoms with Crippen molar-refractivity contribution in [1.82, 2.24) is 9.88 Å². The number of hydrogen-bond donors (Lipinski definition) is 0. The predicted octanol–water partition coefficient (Wildman–Crippen LogP) is 3.85. The van der Waals surface area contributed by atoms with Crippen molar-refractivity contribution in [2.24, 2.45) is 0 Å². The van der Waals surface area contributed by atoms with E-state index in [1.807, 2.05) is 29.6 Å². The van der Waals surface area contributed by atoms with Gasteiger partial charge in [-0.1, -0.05) is 28.1 Å². The van der Waals surface area contributed by atoms with Crippen LogP contribution in [0.5, 0.6) is 0 Å². The molecule has 2 rings (SSSR count). The Morgan fingerprint density at radius 1 is 1.50 bits per heavy atom. The first-order chi connectivity index (χ1) is 9.58. The number of amides is 1. The van der Waals surface area contributed by atoms with E-state index >= 15 is 0 Å². The van der Waals surface area contributed by atoms with Gasteiger partial charge in [0, 0.05) is 23.4 Å². The molecule has 0 atom stereocenters. The van der Waals surface area contributed by atoms with Gasteiger partial charge in [0.1, 0.15) is 5.01 Å². The fourth-order valence-corrected chi connectivity index (χ4v) is 3.21. The Labute approximate surface area is 135 Å². The van der Waals surface area contributed by atoms with E-state index in [-0.39, 0.29) is 5.91 Å². The molecule has 2 aromatic rings. The van der Waals surface area contributed by atoms with Gasteiger partial charge in [-0.3, -0.25) is 4.79 Å². The summed E-state index contributed by atoms with van der Waals surface area (Å²) in [7, 11) is 1.80. The molecule has 0 aliphatic carbocycles. The summed E-state index contributed by atoms with van der Waals surface area (Å²) >= 11 is 10.6. The number of rotatable bonds is 5. The second kappa shape index (κ2) is 7.20. The van der Waals surface area contributed by atoms with Crippen molar-refractivity contribution in [2.75, 3.05) is 7.05 Å². The van der Waals surface area contributed by atoms with E-state index in [0.717, 1.165) is 20.7 Å². The molecule has 0 N–H and O–H groups in total. The summed E-state index contributed by atoms with van der Waals surface area (Å²) in [5, 5.41) is 2.70. The Morgan fingerprint density at radius 2 is 2.30 bits per heavy atom. The van der Waals surface area contributed by atoms with Crippen LogP contribution in [0.25, 0.3) is 0 Å². The van der Waals surface area contributed by atoms with Gasteiger partial charge in [0.05, 0.1) is 18.0 Å². The van der Waals surface area contributed by atoms with Gasteiger partial charge in [0.15, 0.2) is 0 Å². The summed E-state index contributed by atoms with van der Waals surface area (Å²) in [6.45, 7) is 0.589. The number of carbonyl (C=O) groups is 1. The zero-order valence-corrected chi connectivity index (χ0v) is 14.1. The molecule has 1 heterocycles. The minimum Gasteiger partial charge on any atom is -0.341 e. The van der Waals surface area contributed by atoms with E-state index in [0.29, 0.717) is 18.8 Å². The molecule has 0 saturated heterocycles. The average molecular weight is 374 g/mol. The molecule has 0 aliphatic rings. The van der Waals surface area contributed by atoms with Gasteiger partial charge in [-0.15, -0.1) is 22.9 Å². The molecular formula is C14H14BrClN2OS. The summed E-state index contributed by atoms with van der Waals surface area (Å²) in [6.07, 6.45) is 0.325. The highest BCUT2D eigenvalue weighted by Crippen LogP contribution is 2.15. The van der Waals surface area contributed by atoms with Crippen LogP contribution in [0, 0.1) is 0 Å². The second-order valence-electron chi connectivity index (χ2n) is 4.42. The summed E-state index contributed by atoms with van der Waals surface area (Å²) in [5.41, 5.74) is 1.92. The van der Waals surface area contributed by atoms with Crippen molar-refractivity contribution < 1.29 is 4.79 Å². The Hall–Kier alpha value is -0.910. The van der Waals surface area contributed by atoms with Gasteiger partial charge < -0.3 is 4.90 Å². The third-order valence-corrected chi connectivity index (χ3v) is 4.44. The lowest BCUT2D eigenvalue weighted by Crippen LogP contribution is -2.27. The highest BCUT2D eigenvalue weighted by atomic mass is 79.9. The SMILES string of the molecule is CN(Cc1cccc(Br)c1)C(=O)Cc1nc(CCl)cs1. The topological polar surface area (TPSA) is 33.2 Å². The molecule has 1 aromatic carbocycles. The Morgan fingerprint density at radius 3 is 2.95 bits per heavy atom. The Kier molecular flexibility index (Phi) is 5.57. The summed E-state index contributed by atoms with van der Waals surface area (Å²) in [4.78, 5) is 18.2. The molecule has 0 aliphatic heterocycles. The maximum Gasteiger partial charge on any atom is 0.229 e. The fourth-order valence-electron chi connectivity index (χ4n) is 1.75. The number of hydrogen-bond acceptors (Lipinski definition) is 3. The van der Waals surface area contributed by atoms with Crippen LogP contribution >= 0.6 is 38.9 Å². The van der Waals surface area contributed by atoms with Crippen molar-refractivity contribution in [3.63, 3.8) is 0 Å². The summed E-state index contributed by atoms with van der Waals surface area (Å²) in [6, 6.07) is 7.95. The number of benzene rings is 1. The van der Waals surface area contributed by atoms with Gasteiger partial charge in [0.25, 0.3) is 0 Å². The van der Waals surface area contributed by atoms with Gasteiger partial charge >= 0.3 is 0 Å². The lowest BCUT2D eigenvalue weighted by molar-refractivity contribution is -0.129. The first-order valence-corrected chi connectivity index (χ1v) is 8.27. The minimum atomic E-state index is 0.0560. The maximum absolute atomic E-state index is 12.1. The Bertz CT molecular complexity index is 602. The van der Waals surface area contributed by atoms with E-state index in [9.17, 15) is 4.79 Å². The van der Waals surface area contributed by atoms with E-state index < -0.39 is 0 Å². The monoisotopic (exact) mass is 372 g/mol. The van der Waals surface area contributed by atoms with Crippen LogP contribution in [0.2, 0.25) is 0 Å². The van der Waals surface area contributed by atoms with Crippen molar-refractivity contribution in [3.05, 3.63) is 50.4 Å². The van der Waals surface area contributed by atoms with Crippen molar-refractivity contribution in [3.8, 4) is 0 Å². The van der Waals surface area contributed by atoms with Crippen molar-refractivity contribution in [2.45, 2.75) is 18.8 Å². The van der Waals surface area contributed by atoms with Crippen LogP contribution in [-0.2, 0) is 23.6 Å². The van der Waals surface area contributed by atoms with Crippen LogP contribution in [0.1, 0.15) is 16.3 Å². The largest absolute Gasteiger partial charge is 0.341 e. The smallest absolute Gasteiger partial charge is 0.229 e. The van der Waals surface area contributed by atoms with Crippen molar-refractivity contribution >= 4 is 44.8 Å². The first kappa shape index (κ1) is 15.5. The lowest BCUT2D eigenvalue weighted by Gasteiger charge is -2.16. The highest BCUT2D eigenvalue weighted by molar-refractivity contribution is 9.10. The third kappa shape index (κ3) is 4.30. The molecule has 0 bridgehead atoms. The minimum absolute atomic E-state index is 0.0560. The molecule has 6 heteroatoms. The normalized spacial score (nSPS) is 10.6. The average Bonchev–Trinajstić information content (AvgIpc) is 2.86. The number of nitrogens with zero attached hydrogens (tertiary/aromatic N) is 2. The van der Waals surface area contributed by atoms with Crippen LogP contribution in [0.15, 0.2) is 34.1 Å².